The first-order valence-electron chi connectivity index (χ1n) is 8.31. The zero-order chi connectivity index (χ0) is 17.2. The molecule has 0 spiro atoms. The standard InChI is InChI=1S/C18H18FN5O/c19-13-3-1-12(2-4-13)15-9-20-10-16(15)18(25)21-8-7-17-23-22-11-24(17)14-5-6-14/h1-4,9-11,14,20H,5-8H2,(H,21,25). The van der Waals surface area contributed by atoms with Crippen LogP contribution in [0.15, 0.2) is 43.0 Å². The summed E-state index contributed by atoms with van der Waals surface area (Å²) in [7, 11) is 0. The number of benzene rings is 1. The van der Waals surface area contributed by atoms with Crippen molar-refractivity contribution in [3.05, 3.63) is 60.2 Å². The Morgan fingerprint density at radius 2 is 2.08 bits per heavy atom. The monoisotopic (exact) mass is 339 g/mol. The van der Waals surface area contributed by atoms with Gasteiger partial charge in [-0.1, -0.05) is 12.1 Å². The highest BCUT2D eigenvalue weighted by molar-refractivity contribution is 6.00. The molecule has 3 aromatic rings. The number of nitrogens with one attached hydrogen (secondary N) is 2. The molecule has 1 amide bonds. The minimum Gasteiger partial charge on any atom is -0.366 e. The van der Waals surface area contributed by atoms with Gasteiger partial charge in [-0.2, -0.15) is 0 Å². The van der Waals surface area contributed by atoms with Gasteiger partial charge in [-0.05, 0) is 30.5 Å². The largest absolute Gasteiger partial charge is 0.366 e. The molecule has 128 valence electrons. The van der Waals surface area contributed by atoms with Gasteiger partial charge >= 0.3 is 0 Å². The summed E-state index contributed by atoms with van der Waals surface area (Å²) < 4.78 is 15.2. The number of carbonyl (C=O) groups excluding carboxylic acids is 1. The Hall–Kier alpha value is -2.96. The van der Waals surface area contributed by atoms with E-state index in [2.05, 4.69) is 25.1 Å². The number of rotatable bonds is 6. The lowest BCUT2D eigenvalue weighted by Crippen LogP contribution is -2.26. The second-order valence-corrected chi connectivity index (χ2v) is 6.18. The zero-order valence-electron chi connectivity index (χ0n) is 13.6. The summed E-state index contributed by atoms with van der Waals surface area (Å²) in [4.78, 5) is 15.4. The van der Waals surface area contributed by atoms with E-state index >= 15 is 0 Å². The van der Waals surface area contributed by atoms with Gasteiger partial charge in [-0.25, -0.2) is 4.39 Å². The molecule has 0 unspecified atom stereocenters. The highest BCUT2D eigenvalue weighted by atomic mass is 19.1. The lowest BCUT2D eigenvalue weighted by atomic mass is 10.0. The molecule has 6 nitrogen and oxygen atoms in total. The van der Waals surface area contributed by atoms with E-state index in [-0.39, 0.29) is 11.7 Å². The number of carbonyl (C=O) groups is 1. The Morgan fingerprint density at radius 3 is 2.84 bits per heavy atom. The van der Waals surface area contributed by atoms with Gasteiger partial charge in [0.1, 0.15) is 18.0 Å². The van der Waals surface area contributed by atoms with Crippen molar-refractivity contribution in [2.24, 2.45) is 0 Å². The van der Waals surface area contributed by atoms with Crippen LogP contribution in [0, 0.1) is 5.82 Å². The Bertz CT molecular complexity index is 879. The zero-order valence-corrected chi connectivity index (χ0v) is 13.6. The molecule has 7 heteroatoms. The molecular weight excluding hydrogens is 321 g/mol. The molecule has 2 N–H and O–H groups in total. The van der Waals surface area contributed by atoms with Crippen LogP contribution in [0.25, 0.3) is 11.1 Å². The lowest BCUT2D eigenvalue weighted by molar-refractivity contribution is 0.0954. The third kappa shape index (κ3) is 3.31. The third-order valence-corrected chi connectivity index (χ3v) is 4.37. The van der Waals surface area contributed by atoms with Crippen LogP contribution in [-0.2, 0) is 6.42 Å². The summed E-state index contributed by atoms with van der Waals surface area (Å²) in [5.41, 5.74) is 2.08. The number of aromatic amines is 1. The SMILES string of the molecule is O=C(NCCc1nncn1C1CC1)c1c[nH]cc1-c1ccc(F)cc1. The van der Waals surface area contributed by atoms with Crippen molar-refractivity contribution < 1.29 is 9.18 Å². The Kier molecular flexibility index (Phi) is 4.05. The van der Waals surface area contributed by atoms with Crippen LogP contribution in [-0.4, -0.2) is 32.2 Å². The third-order valence-electron chi connectivity index (χ3n) is 4.37. The molecule has 1 saturated carbocycles. The van der Waals surface area contributed by atoms with Gasteiger partial charge in [-0.3, -0.25) is 4.79 Å². The number of aromatic nitrogens is 4. The molecule has 2 aromatic heterocycles. The second kappa shape index (κ2) is 6.51. The van der Waals surface area contributed by atoms with Crippen molar-refractivity contribution in [1.29, 1.82) is 0 Å². The summed E-state index contributed by atoms with van der Waals surface area (Å²) in [5.74, 6) is 0.429. The smallest absolute Gasteiger partial charge is 0.253 e. The Balaban J connectivity index is 1.41. The number of halogens is 1. The highest BCUT2D eigenvalue weighted by Crippen LogP contribution is 2.35. The highest BCUT2D eigenvalue weighted by Gasteiger charge is 2.25. The van der Waals surface area contributed by atoms with E-state index in [1.165, 1.54) is 25.0 Å². The Morgan fingerprint density at radius 1 is 1.28 bits per heavy atom. The van der Waals surface area contributed by atoms with Gasteiger partial charge in [0.05, 0.1) is 5.56 Å². The Labute approximate surface area is 144 Å². The number of amides is 1. The molecule has 0 atom stereocenters. The first-order chi connectivity index (χ1) is 12.2. The predicted molar refractivity (Wildman–Crippen MR) is 90.5 cm³/mol. The molecule has 0 radical (unpaired) electrons. The van der Waals surface area contributed by atoms with E-state index < -0.39 is 0 Å². The summed E-state index contributed by atoms with van der Waals surface area (Å²) in [5, 5.41) is 11.0. The number of H-pyrrole nitrogens is 1. The van der Waals surface area contributed by atoms with Crippen molar-refractivity contribution >= 4 is 5.91 Å². The topological polar surface area (TPSA) is 75.6 Å². The van der Waals surface area contributed by atoms with Gasteiger partial charge in [0.2, 0.25) is 0 Å². The quantitative estimate of drug-likeness (QED) is 0.725. The van der Waals surface area contributed by atoms with Gasteiger partial charge in [0.25, 0.3) is 5.91 Å². The average Bonchev–Trinajstić information content (AvgIpc) is 3.15. The maximum Gasteiger partial charge on any atom is 0.253 e. The summed E-state index contributed by atoms with van der Waals surface area (Å²) in [6.07, 6.45) is 8.13. The van der Waals surface area contributed by atoms with Crippen LogP contribution in [0.5, 0.6) is 0 Å². The summed E-state index contributed by atoms with van der Waals surface area (Å²) in [6, 6.07) is 6.61. The molecule has 1 fully saturated rings. The van der Waals surface area contributed by atoms with Crippen molar-refractivity contribution in [2.75, 3.05) is 6.54 Å². The van der Waals surface area contributed by atoms with Crippen LogP contribution in [0.4, 0.5) is 4.39 Å². The molecule has 1 aliphatic rings. The van der Waals surface area contributed by atoms with Crippen LogP contribution >= 0.6 is 0 Å². The van der Waals surface area contributed by atoms with E-state index in [0.29, 0.717) is 24.6 Å². The molecule has 25 heavy (non-hydrogen) atoms. The lowest BCUT2D eigenvalue weighted by Gasteiger charge is -2.07. The van der Waals surface area contributed by atoms with Crippen molar-refractivity contribution in [3.8, 4) is 11.1 Å². The van der Waals surface area contributed by atoms with E-state index in [9.17, 15) is 9.18 Å². The molecule has 0 bridgehead atoms. The number of hydrogen-bond acceptors (Lipinski definition) is 3. The van der Waals surface area contributed by atoms with Crippen molar-refractivity contribution in [3.63, 3.8) is 0 Å². The molecule has 2 heterocycles. The maximum absolute atomic E-state index is 13.1. The fourth-order valence-electron chi connectivity index (χ4n) is 2.91. The molecule has 0 aliphatic heterocycles. The predicted octanol–water partition coefficient (Wildman–Crippen LogP) is 2.72. The first kappa shape index (κ1) is 15.6. The summed E-state index contributed by atoms with van der Waals surface area (Å²) in [6.45, 7) is 0.484. The van der Waals surface area contributed by atoms with Gasteiger partial charge in [0, 0.05) is 37.0 Å². The van der Waals surface area contributed by atoms with E-state index in [0.717, 1.165) is 17.0 Å². The van der Waals surface area contributed by atoms with Crippen LogP contribution in [0.3, 0.4) is 0 Å². The van der Waals surface area contributed by atoms with Crippen molar-refractivity contribution in [2.45, 2.75) is 25.3 Å². The van der Waals surface area contributed by atoms with E-state index in [1.54, 1.807) is 30.9 Å². The van der Waals surface area contributed by atoms with Crippen LogP contribution in [0.1, 0.15) is 35.1 Å². The molecule has 1 aliphatic carbocycles. The number of nitrogens with zero attached hydrogens (tertiary/aromatic N) is 3. The minimum atomic E-state index is -0.301. The van der Waals surface area contributed by atoms with Crippen LogP contribution < -0.4 is 5.32 Å². The van der Waals surface area contributed by atoms with Crippen LogP contribution in [0.2, 0.25) is 0 Å². The molecule has 0 saturated heterocycles. The fourth-order valence-corrected chi connectivity index (χ4v) is 2.91. The molecular formula is C18H18FN5O. The maximum atomic E-state index is 13.1. The second-order valence-electron chi connectivity index (χ2n) is 6.18. The van der Waals surface area contributed by atoms with E-state index in [4.69, 9.17) is 0 Å². The average molecular weight is 339 g/mol. The van der Waals surface area contributed by atoms with Gasteiger partial charge in [0.15, 0.2) is 0 Å². The molecule has 4 rings (SSSR count). The number of hydrogen-bond donors (Lipinski definition) is 2. The van der Waals surface area contributed by atoms with E-state index in [1.807, 2.05) is 0 Å². The summed E-state index contributed by atoms with van der Waals surface area (Å²) >= 11 is 0. The van der Waals surface area contributed by atoms with Gasteiger partial charge < -0.3 is 14.9 Å². The van der Waals surface area contributed by atoms with Gasteiger partial charge in [-0.15, -0.1) is 10.2 Å². The minimum absolute atomic E-state index is 0.168. The van der Waals surface area contributed by atoms with Crippen molar-refractivity contribution in [1.82, 2.24) is 25.1 Å². The fraction of sp³-hybridized carbons (Fsp3) is 0.278. The first-order valence-corrected chi connectivity index (χ1v) is 8.31. The normalized spacial score (nSPS) is 13.8. The molecule has 1 aromatic carbocycles.